The second-order valence-corrected chi connectivity index (χ2v) is 10.8. The fourth-order valence-corrected chi connectivity index (χ4v) is 6.19. The van der Waals surface area contributed by atoms with Gasteiger partial charge in [0.15, 0.2) is 23.0 Å². The molecule has 204 valence electrons. The van der Waals surface area contributed by atoms with Crippen LogP contribution in [0.4, 0.5) is 0 Å². The zero-order valence-electron chi connectivity index (χ0n) is 21.6. The Kier molecular flexibility index (Phi) is 6.50. The molecule has 0 bridgehead atoms. The molecule has 3 aliphatic heterocycles. The Labute approximate surface area is 240 Å². The Balaban J connectivity index is 1.30. The summed E-state index contributed by atoms with van der Waals surface area (Å²) in [6.07, 6.45) is 6.63. The summed E-state index contributed by atoms with van der Waals surface area (Å²) in [5.41, 5.74) is 6.60. The predicted molar refractivity (Wildman–Crippen MR) is 150 cm³/mol. The Morgan fingerprint density at radius 2 is 1.90 bits per heavy atom. The first-order valence-corrected chi connectivity index (χ1v) is 13.7. The average molecular weight is 578 g/mol. The van der Waals surface area contributed by atoms with E-state index in [0.717, 1.165) is 53.1 Å². The van der Waals surface area contributed by atoms with Crippen LogP contribution >= 0.6 is 23.2 Å². The maximum absolute atomic E-state index is 6.46. The molecule has 0 fully saturated rings. The van der Waals surface area contributed by atoms with Crippen molar-refractivity contribution < 1.29 is 18.9 Å². The van der Waals surface area contributed by atoms with Gasteiger partial charge in [0, 0.05) is 45.9 Å². The minimum absolute atomic E-state index is 0.180. The standard InChI is InChI=1S/C29H25Cl2N5O4/c1-37-28-7-19(11-34-36-14-32-33-15-36)21-9-25-22-10-27-26(39-16-40-27)6-17(22)4-5-35(25)12-23(21)29(28)38-13-18-2-3-20(30)8-24(18)31/h2-3,6-8,10-11,14-15,25H,4-5,9,12-13,16H2,1H3/b34-11+. The molecule has 0 aliphatic carbocycles. The van der Waals surface area contributed by atoms with E-state index in [9.17, 15) is 0 Å². The van der Waals surface area contributed by atoms with E-state index in [0.29, 0.717) is 28.1 Å². The van der Waals surface area contributed by atoms with Gasteiger partial charge in [0.1, 0.15) is 19.3 Å². The number of methoxy groups -OCH3 is 1. The topological polar surface area (TPSA) is 83.2 Å². The van der Waals surface area contributed by atoms with Crippen LogP contribution in [0.25, 0.3) is 0 Å². The number of ether oxygens (including phenoxy) is 4. The van der Waals surface area contributed by atoms with Crippen LogP contribution in [0.5, 0.6) is 23.0 Å². The number of hydrogen-bond acceptors (Lipinski definition) is 8. The summed E-state index contributed by atoms with van der Waals surface area (Å²) in [6.45, 7) is 2.16. The van der Waals surface area contributed by atoms with E-state index >= 15 is 0 Å². The highest BCUT2D eigenvalue weighted by Crippen LogP contribution is 2.48. The lowest BCUT2D eigenvalue weighted by molar-refractivity contribution is 0.155. The number of rotatable bonds is 6. The van der Waals surface area contributed by atoms with E-state index in [1.807, 2.05) is 24.4 Å². The molecule has 1 unspecified atom stereocenters. The summed E-state index contributed by atoms with van der Waals surface area (Å²) >= 11 is 12.6. The van der Waals surface area contributed by atoms with Gasteiger partial charge < -0.3 is 18.9 Å². The van der Waals surface area contributed by atoms with Crippen LogP contribution in [0.2, 0.25) is 10.0 Å². The molecule has 1 atom stereocenters. The van der Waals surface area contributed by atoms with Gasteiger partial charge in [-0.05, 0) is 59.9 Å². The first-order valence-electron chi connectivity index (χ1n) is 12.9. The maximum Gasteiger partial charge on any atom is 0.231 e. The summed E-state index contributed by atoms with van der Waals surface area (Å²) in [5.74, 6) is 2.97. The number of fused-ring (bicyclic) bond motifs is 5. The van der Waals surface area contributed by atoms with Crippen molar-refractivity contribution in [3.63, 3.8) is 0 Å². The normalized spacial score (nSPS) is 17.4. The minimum atomic E-state index is 0.180. The molecule has 9 nitrogen and oxygen atoms in total. The minimum Gasteiger partial charge on any atom is -0.493 e. The van der Waals surface area contributed by atoms with Crippen molar-refractivity contribution in [1.82, 2.24) is 19.8 Å². The zero-order chi connectivity index (χ0) is 27.2. The summed E-state index contributed by atoms with van der Waals surface area (Å²) in [4.78, 5) is 2.50. The van der Waals surface area contributed by atoms with Crippen LogP contribution in [-0.4, -0.2) is 46.4 Å². The van der Waals surface area contributed by atoms with Crippen LogP contribution < -0.4 is 18.9 Å². The molecule has 0 amide bonds. The van der Waals surface area contributed by atoms with Gasteiger partial charge in [-0.2, -0.15) is 5.10 Å². The molecule has 0 saturated carbocycles. The third kappa shape index (κ3) is 4.54. The molecule has 40 heavy (non-hydrogen) atoms. The van der Waals surface area contributed by atoms with Crippen molar-refractivity contribution in [3.05, 3.63) is 92.5 Å². The molecule has 0 radical (unpaired) electrons. The molecule has 1 aromatic heterocycles. The SMILES string of the molecule is COc1cc(/C=N/n2cnnc2)c2c(c1OCc1ccc(Cl)cc1Cl)CN1CCc3cc4c(cc3C1C2)OCO4. The maximum atomic E-state index is 6.46. The summed E-state index contributed by atoms with van der Waals surface area (Å²) < 4.78 is 25.3. The average Bonchev–Trinajstić information content (AvgIpc) is 3.65. The van der Waals surface area contributed by atoms with Crippen molar-refractivity contribution >= 4 is 29.4 Å². The number of aromatic nitrogens is 3. The van der Waals surface area contributed by atoms with Gasteiger partial charge in [0.2, 0.25) is 6.79 Å². The van der Waals surface area contributed by atoms with E-state index < -0.39 is 0 Å². The molecule has 0 saturated heterocycles. The molecular weight excluding hydrogens is 553 g/mol. The van der Waals surface area contributed by atoms with Crippen LogP contribution in [-0.2, 0) is 26.0 Å². The second kappa shape index (κ2) is 10.3. The van der Waals surface area contributed by atoms with Crippen LogP contribution in [0.15, 0.2) is 54.2 Å². The third-order valence-corrected chi connectivity index (χ3v) is 8.29. The highest BCUT2D eigenvalue weighted by atomic mass is 35.5. The van der Waals surface area contributed by atoms with Gasteiger partial charge in [0.25, 0.3) is 0 Å². The van der Waals surface area contributed by atoms with E-state index in [1.165, 1.54) is 11.1 Å². The largest absolute Gasteiger partial charge is 0.493 e. The highest BCUT2D eigenvalue weighted by Gasteiger charge is 2.37. The third-order valence-electron chi connectivity index (χ3n) is 7.70. The summed E-state index contributed by atoms with van der Waals surface area (Å²) in [5, 5.41) is 13.4. The van der Waals surface area contributed by atoms with Crippen molar-refractivity contribution in [2.24, 2.45) is 5.10 Å². The van der Waals surface area contributed by atoms with Crippen LogP contribution in [0, 0.1) is 0 Å². The van der Waals surface area contributed by atoms with Crippen molar-refractivity contribution in [2.75, 3.05) is 20.4 Å². The van der Waals surface area contributed by atoms with Gasteiger partial charge in [-0.3, -0.25) is 4.90 Å². The van der Waals surface area contributed by atoms with Gasteiger partial charge in [-0.25, -0.2) is 4.68 Å². The van der Waals surface area contributed by atoms with E-state index in [1.54, 1.807) is 30.5 Å². The van der Waals surface area contributed by atoms with E-state index in [-0.39, 0.29) is 19.4 Å². The molecule has 3 aromatic carbocycles. The zero-order valence-corrected chi connectivity index (χ0v) is 23.2. The molecular formula is C29H25Cl2N5O4. The first kappa shape index (κ1) is 25.2. The van der Waals surface area contributed by atoms with Crippen molar-refractivity contribution in [3.8, 4) is 23.0 Å². The van der Waals surface area contributed by atoms with Gasteiger partial charge in [-0.15, -0.1) is 10.2 Å². The molecule has 4 aromatic rings. The summed E-state index contributed by atoms with van der Waals surface area (Å²) in [7, 11) is 1.65. The fourth-order valence-electron chi connectivity index (χ4n) is 5.73. The Morgan fingerprint density at radius 1 is 1.07 bits per heavy atom. The van der Waals surface area contributed by atoms with Crippen molar-refractivity contribution in [1.29, 1.82) is 0 Å². The molecule has 11 heteroatoms. The molecule has 7 rings (SSSR count). The van der Waals surface area contributed by atoms with Crippen LogP contribution in [0.1, 0.15) is 39.4 Å². The first-order chi connectivity index (χ1) is 19.6. The predicted octanol–water partition coefficient (Wildman–Crippen LogP) is 5.44. The lowest BCUT2D eigenvalue weighted by atomic mass is 9.82. The quantitative estimate of drug-likeness (QED) is 0.282. The second-order valence-electron chi connectivity index (χ2n) is 9.91. The van der Waals surface area contributed by atoms with Gasteiger partial charge in [0.05, 0.1) is 13.3 Å². The number of halogens is 2. The number of hydrogen-bond donors (Lipinski definition) is 0. The van der Waals surface area contributed by atoms with Crippen molar-refractivity contribution in [2.45, 2.75) is 32.0 Å². The lowest BCUT2D eigenvalue weighted by Crippen LogP contribution is -2.40. The smallest absolute Gasteiger partial charge is 0.231 e. The number of benzene rings is 3. The Morgan fingerprint density at radius 3 is 2.70 bits per heavy atom. The van der Waals surface area contributed by atoms with E-state index in [2.05, 4.69) is 32.3 Å². The Bertz CT molecular complexity index is 1630. The van der Waals surface area contributed by atoms with E-state index in [4.69, 9.17) is 42.1 Å². The molecule has 0 spiro atoms. The monoisotopic (exact) mass is 577 g/mol. The molecule has 0 N–H and O–H groups in total. The Hall–Kier alpha value is -3.79. The van der Waals surface area contributed by atoms with Gasteiger partial charge >= 0.3 is 0 Å². The fraction of sp³-hybridized carbons (Fsp3) is 0.276. The van der Waals surface area contributed by atoms with Crippen LogP contribution in [0.3, 0.4) is 0 Å². The van der Waals surface area contributed by atoms with Gasteiger partial charge in [-0.1, -0.05) is 29.3 Å². The molecule has 4 heterocycles. The number of nitrogens with zero attached hydrogens (tertiary/aromatic N) is 5. The molecule has 3 aliphatic rings. The summed E-state index contributed by atoms with van der Waals surface area (Å²) in [6, 6.07) is 11.9. The highest BCUT2D eigenvalue weighted by molar-refractivity contribution is 6.35. The lowest BCUT2D eigenvalue weighted by Gasteiger charge is -2.42.